The molecule has 4 aromatic carbocycles. The average molecular weight is 293 g/mol. The maximum atomic E-state index is 6.01. The molecule has 0 radical (unpaired) electrons. The van der Waals surface area contributed by atoms with Crippen LogP contribution >= 0.6 is 0 Å². The van der Waals surface area contributed by atoms with Crippen LogP contribution in [0.4, 0.5) is 5.69 Å². The highest BCUT2D eigenvalue weighted by Gasteiger charge is 2.23. The van der Waals surface area contributed by atoms with E-state index in [2.05, 4.69) is 66.7 Å². The van der Waals surface area contributed by atoms with Gasteiger partial charge in [0.25, 0.3) is 0 Å². The summed E-state index contributed by atoms with van der Waals surface area (Å²) in [7, 11) is 0. The highest BCUT2D eigenvalue weighted by molar-refractivity contribution is 6.19. The summed E-state index contributed by atoms with van der Waals surface area (Å²) < 4.78 is 0. The standard InChI is InChI=1S/C22H15N/c23-16-7-3-6-15(13-16)17-12-11-14-5-4-10-19-18-8-1-2-9-20(18)22(17)21(14)19/h1-13H,23H2. The summed E-state index contributed by atoms with van der Waals surface area (Å²) in [5, 5.41) is 2.65. The van der Waals surface area contributed by atoms with Gasteiger partial charge >= 0.3 is 0 Å². The molecule has 2 N–H and O–H groups in total. The predicted molar refractivity (Wildman–Crippen MR) is 98.2 cm³/mol. The van der Waals surface area contributed by atoms with Gasteiger partial charge < -0.3 is 5.73 Å². The van der Waals surface area contributed by atoms with Crippen molar-refractivity contribution in [2.24, 2.45) is 0 Å². The van der Waals surface area contributed by atoms with E-state index in [1.54, 1.807) is 0 Å². The van der Waals surface area contributed by atoms with Gasteiger partial charge in [0.2, 0.25) is 0 Å². The second-order valence-corrected chi connectivity index (χ2v) is 6.06. The van der Waals surface area contributed by atoms with Crippen molar-refractivity contribution in [3.63, 3.8) is 0 Å². The molecule has 108 valence electrons. The maximum Gasteiger partial charge on any atom is 0.0320 e. The fourth-order valence-electron chi connectivity index (χ4n) is 3.77. The molecule has 23 heavy (non-hydrogen) atoms. The number of rotatable bonds is 1. The minimum atomic E-state index is 0.800. The summed E-state index contributed by atoms with van der Waals surface area (Å²) in [6, 6.07) is 27.8. The first-order chi connectivity index (χ1) is 11.3. The van der Waals surface area contributed by atoms with Crippen molar-refractivity contribution in [1.29, 1.82) is 0 Å². The van der Waals surface area contributed by atoms with Crippen LogP contribution in [-0.4, -0.2) is 0 Å². The monoisotopic (exact) mass is 293 g/mol. The molecule has 1 heteroatoms. The van der Waals surface area contributed by atoms with Crippen LogP contribution in [0, 0.1) is 0 Å². The van der Waals surface area contributed by atoms with E-state index in [0.717, 1.165) is 5.69 Å². The topological polar surface area (TPSA) is 26.0 Å². The smallest absolute Gasteiger partial charge is 0.0320 e. The third kappa shape index (κ3) is 1.68. The van der Waals surface area contributed by atoms with E-state index >= 15 is 0 Å². The molecule has 0 aliphatic heterocycles. The Hall–Kier alpha value is -3.06. The van der Waals surface area contributed by atoms with Gasteiger partial charge in [0.1, 0.15) is 0 Å². The molecule has 0 heterocycles. The first-order valence-electron chi connectivity index (χ1n) is 7.84. The average Bonchev–Trinajstić information content (AvgIpc) is 2.93. The van der Waals surface area contributed by atoms with Gasteiger partial charge in [-0.25, -0.2) is 0 Å². The van der Waals surface area contributed by atoms with Crippen molar-refractivity contribution in [2.75, 3.05) is 5.73 Å². The minimum Gasteiger partial charge on any atom is -0.399 e. The molecule has 0 unspecified atom stereocenters. The molecule has 0 bridgehead atoms. The summed E-state index contributed by atoms with van der Waals surface area (Å²) in [5.41, 5.74) is 14.5. The largest absolute Gasteiger partial charge is 0.399 e. The Balaban J connectivity index is 1.95. The maximum absolute atomic E-state index is 6.01. The van der Waals surface area contributed by atoms with Crippen LogP contribution in [0.15, 0.2) is 78.9 Å². The lowest BCUT2D eigenvalue weighted by atomic mass is 9.93. The van der Waals surface area contributed by atoms with E-state index in [-0.39, 0.29) is 0 Å². The van der Waals surface area contributed by atoms with Gasteiger partial charge in [0.05, 0.1) is 0 Å². The second kappa shape index (κ2) is 4.47. The minimum absolute atomic E-state index is 0.800. The Labute approximate surface area is 135 Å². The van der Waals surface area contributed by atoms with Crippen LogP contribution in [0.3, 0.4) is 0 Å². The summed E-state index contributed by atoms with van der Waals surface area (Å²) in [5.74, 6) is 0. The van der Waals surface area contributed by atoms with Gasteiger partial charge in [-0.1, -0.05) is 66.7 Å². The Morgan fingerprint density at radius 3 is 2.22 bits per heavy atom. The molecule has 0 saturated carbocycles. The number of benzene rings is 4. The molecule has 1 aliphatic rings. The molecule has 0 fully saturated rings. The zero-order valence-electron chi connectivity index (χ0n) is 12.6. The van der Waals surface area contributed by atoms with Crippen LogP contribution in [0.5, 0.6) is 0 Å². The molecule has 0 saturated heterocycles. The Bertz CT molecular complexity index is 1080. The third-order valence-corrected chi connectivity index (χ3v) is 4.73. The predicted octanol–water partition coefficient (Wildman–Crippen LogP) is 5.74. The lowest BCUT2D eigenvalue weighted by Gasteiger charge is -2.11. The van der Waals surface area contributed by atoms with E-state index in [0.29, 0.717) is 0 Å². The zero-order chi connectivity index (χ0) is 15.4. The van der Waals surface area contributed by atoms with Gasteiger partial charge in [0.15, 0.2) is 0 Å². The fraction of sp³-hybridized carbons (Fsp3) is 0. The van der Waals surface area contributed by atoms with Gasteiger partial charge in [-0.2, -0.15) is 0 Å². The summed E-state index contributed by atoms with van der Waals surface area (Å²) in [6.45, 7) is 0. The molecular weight excluding hydrogens is 278 g/mol. The number of anilines is 1. The number of nitrogen functional groups attached to an aromatic ring is 1. The van der Waals surface area contributed by atoms with Crippen LogP contribution < -0.4 is 5.73 Å². The van der Waals surface area contributed by atoms with E-state index < -0.39 is 0 Å². The molecule has 1 nitrogen and oxygen atoms in total. The SMILES string of the molecule is Nc1cccc(-c2ccc3cccc4c3c2-c2ccccc2-4)c1. The molecule has 0 aromatic heterocycles. The van der Waals surface area contributed by atoms with E-state index in [9.17, 15) is 0 Å². The van der Waals surface area contributed by atoms with Gasteiger partial charge in [0, 0.05) is 5.69 Å². The zero-order valence-corrected chi connectivity index (χ0v) is 12.6. The molecule has 0 amide bonds. The van der Waals surface area contributed by atoms with Crippen molar-refractivity contribution in [1.82, 2.24) is 0 Å². The van der Waals surface area contributed by atoms with Crippen molar-refractivity contribution < 1.29 is 0 Å². The lowest BCUT2D eigenvalue weighted by molar-refractivity contribution is 1.63. The van der Waals surface area contributed by atoms with E-state index in [1.165, 1.54) is 44.2 Å². The summed E-state index contributed by atoms with van der Waals surface area (Å²) in [6.07, 6.45) is 0. The fourth-order valence-corrected chi connectivity index (χ4v) is 3.77. The first kappa shape index (κ1) is 12.5. The van der Waals surface area contributed by atoms with Gasteiger partial charge in [-0.15, -0.1) is 0 Å². The quantitative estimate of drug-likeness (QED) is 0.392. The Morgan fingerprint density at radius 1 is 0.565 bits per heavy atom. The lowest BCUT2D eigenvalue weighted by Crippen LogP contribution is -1.88. The Kier molecular flexibility index (Phi) is 2.42. The third-order valence-electron chi connectivity index (χ3n) is 4.73. The van der Waals surface area contributed by atoms with E-state index in [1.807, 2.05) is 12.1 Å². The second-order valence-electron chi connectivity index (χ2n) is 6.06. The number of fused-ring (bicyclic) bond motifs is 3. The molecule has 4 aromatic rings. The van der Waals surface area contributed by atoms with Gasteiger partial charge in [-0.05, 0) is 56.3 Å². The highest BCUT2D eigenvalue weighted by atomic mass is 14.5. The Morgan fingerprint density at radius 2 is 1.35 bits per heavy atom. The number of nitrogens with two attached hydrogens (primary N) is 1. The summed E-state index contributed by atoms with van der Waals surface area (Å²) in [4.78, 5) is 0. The van der Waals surface area contributed by atoms with Crippen molar-refractivity contribution in [3.05, 3.63) is 78.9 Å². The number of hydrogen-bond acceptors (Lipinski definition) is 1. The molecule has 1 aliphatic carbocycles. The molecule has 0 atom stereocenters. The van der Waals surface area contributed by atoms with Crippen LogP contribution in [0.2, 0.25) is 0 Å². The molecular formula is C22H15N. The van der Waals surface area contributed by atoms with Crippen molar-refractivity contribution in [3.8, 4) is 33.4 Å². The first-order valence-corrected chi connectivity index (χ1v) is 7.84. The van der Waals surface area contributed by atoms with Crippen molar-refractivity contribution >= 4 is 16.5 Å². The normalized spacial score (nSPS) is 11.7. The highest BCUT2D eigenvalue weighted by Crippen LogP contribution is 2.50. The molecule has 0 spiro atoms. The van der Waals surface area contributed by atoms with Crippen LogP contribution in [-0.2, 0) is 0 Å². The van der Waals surface area contributed by atoms with Crippen LogP contribution in [0.25, 0.3) is 44.2 Å². The number of hydrogen-bond donors (Lipinski definition) is 1. The summed E-state index contributed by atoms with van der Waals surface area (Å²) >= 11 is 0. The van der Waals surface area contributed by atoms with E-state index in [4.69, 9.17) is 5.73 Å². The van der Waals surface area contributed by atoms with Crippen molar-refractivity contribution in [2.45, 2.75) is 0 Å². The molecule has 5 rings (SSSR count). The van der Waals surface area contributed by atoms with Gasteiger partial charge in [-0.3, -0.25) is 0 Å². The van der Waals surface area contributed by atoms with Crippen LogP contribution in [0.1, 0.15) is 0 Å².